The van der Waals surface area contributed by atoms with Gasteiger partial charge in [0, 0.05) is 50.9 Å². The van der Waals surface area contributed by atoms with Crippen LogP contribution in [0.15, 0.2) is 53.7 Å². The summed E-state index contributed by atoms with van der Waals surface area (Å²) >= 11 is 0. The highest BCUT2D eigenvalue weighted by atomic mass is 32.2. The van der Waals surface area contributed by atoms with Crippen molar-refractivity contribution in [2.75, 3.05) is 25.6 Å². The van der Waals surface area contributed by atoms with E-state index < -0.39 is 19.9 Å². The molecule has 9 heteroatoms. The summed E-state index contributed by atoms with van der Waals surface area (Å²) in [6.07, 6.45) is 7.23. The fourth-order valence-corrected chi connectivity index (χ4v) is 5.86. The van der Waals surface area contributed by atoms with Gasteiger partial charge in [0.05, 0.1) is 11.2 Å². The third-order valence-electron chi connectivity index (χ3n) is 5.22. The van der Waals surface area contributed by atoms with Gasteiger partial charge in [-0.3, -0.25) is 9.88 Å². The van der Waals surface area contributed by atoms with Crippen LogP contribution in [0, 0.1) is 0 Å². The molecule has 29 heavy (non-hydrogen) atoms. The van der Waals surface area contributed by atoms with E-state index in [-0.39, 0.29) is 6.04 Å². The minimum Gasteiger partial charge on any atom is -0.299 e. The SMILES string of the molecule is CS(=O)(=O)c1ccccc1CN1CCC(N(Cc2cccnc2)S(C)(=O)=O)CC1. The number of nitrogens with zero attached hydrogens (tertiary/aromatic N) is 3. The molecular weight excluding hydrogens is 410 g/mol. The lowest BCUT2D eigenvalue weighted by Crippen LogP contribution is -2.46. The molecule has 0 saturated carbocycles. The van der Waals surface area contributed by atoms with Crippen molar-refractivity contribution in [3.8, 4) is 0 Å². The minimum atomic E-state index is -3.36. The zero-order valence-electron chi connectivity index (χ0n) is 16.7. The first-order valence-corrected chi connectivity index (χ1v) is 13.2. The highest BCUT2D eigenvalue weighted by Gasteiger charge is 2.30. The lowest BCUT2D eigenvalue weighted by atomic mass is 10.0. The van der Waals surface area contributed by atoms with Crippen LogP contribution in [0.4, 0.5) is 0 Å². The van der Waals surface area contributed by atoms with E-state index in [1.54, 1.807) is 34.9 Å². The normalized spacial score (nSPS) is 16.9. The smallest absolute Gasteiger partial charge is 0.211 e. The second-order valence-corrected chi connectivity index (χ2v) is 11.5. The van der Waals surface area contributed by atoms with Crippen molar-refractivity contribution in [3.63, 3.8) is 0 Å². The van der Waals surface area contributed by atoms with Gasteiger partial charge >= 0.3 is 0 Å². The number of likely N-dealkylation sites (tertiary alicyclic amines) is 1. The number of hydrogen-bond donors (Lipinski definition) is 0. The summed E-state index contributed by atoms with van der Waals surface area (Å²) in [7, 11) is -6.64. The van der Waals surface area contributed by atoms with Crippen LogP contribution in [-0.4, -0.2) is 62.7 Å². The molecular formula is C20H27N3O4S2. The molecule has 3 rings (SSSR count). The predicted molar refractivity (Wildman–Crippen MR) is 112 cm³/mol. The van der Waals surface area contributed by atoms with Crippen molar-refractivity contribution in [2.24, 2.45) is 0 Å². The standard InChI is InChI=1S/C20H27N3O4S2/c1-28(24,25)20-8-4-3-7-18(20)16-22-12-9-19(10-13-22)23(29(2,26)27)15-17-6-5-11-21-14-17/h3-8,11,14,19H,9-10,12-13,15-16H2,1-2H3. The van der Waals surface area contributed by atoms with Crippen LogP contribution in [0.1, 0.15) is 24.0 Å². The molecule has 1 saturated heterocycles. The lowest BCUT2D eigenvalue weighted by Gasteiger charge is -2.37. The summed E-state index contributed by atoms with van der Waals surface area (Å²) in [5, 5.41) is 0. The van der Waals surface area contributed by atoms with Crippen LogP contribution in [0.25, 0.3) is 0 Å². The number of aromatic nitrogens is 1. The molecule has 1 aliphatic heterocycles. The van der Waals surface area contributed by atoms with Gasteiger partial charge in [0.2, 0.25) is 10.0 Å². The molecule has 1 aromatic carbocycles. The average molecular weight is 438 g/mol. The monoisotopic (exact) mass is 437 g/mol. The Morgan fingerprint density at radius 3 is 2.31 bits per heavy atom. The summed E-state index contributed by atoms with van der Waals surface area (Å²) in [6, 6.07) is 10.7. The van der Waals surface area contributed by atoms with E-state index in [1.807, 2.05) is 18.2 Å². The molecule has 0 bridgehead atoms. The first-order valence-electron chi connectivity index (χ1n) is 9.50. The Morgan fingerprint density at radius 2 is 1.72 bits per heavy atom. The number of sulfonamides is 1. The fourth-order valence-electron chi connectivity index (χ4n) is 3.79. The molecule has 1 aliphatic rings. The summed E-state index contributed by atoms with van der Waals surface area (Å²) in [5.74, 6) is 0. The maximum atomic E-state index is 12.4. The van der Waals surface area contributed by atoms with Gasteiger partial charge in [-0.15, -0.1) is 0 Å². The molecule has 0 aliphatic carbocycles. The fraction of sp³-hybridized carbons (Fsp3) is 0.450. The van der Waals surface area contributed by atoms with Gasteiger partial charge in [-0.1, -0.05) is 24.3 Å². The van der Waals surface area contributed by atoms with Gasteiger partial charge in [-0.25, -0.2) is 16.8 Å². The number of rotatable bonds is 7. The van der Waals surface area contributed by atoms with Crippen molar-refractivity contribution in [1.29, 1.82) is 0 Å². The molecule has 1 fully saturated rings. The van der Waals surface area contributed by atoms with Gasteiger partial charge in [0.15, 0.2) is 9.84 Å². The number of benzene rings is 1. The molecule has 2 heterocycles. The van der Waals surface area contributed by atoms with Crippen LogP contribution < -0.4 is 0 Å². The van der Waals surface area contributed by atoms with Gasteiger partial charge in [0.1, 0.15) is 0 Å². The van der Waals surface area contributed by atoms with Crippen molar-refractivity contribution < 1.29 is 16.8 Å². The second-order valence-electron chi connectivity index (χ2n) is 7.56. The molecule has 2 aromatic rings. The zero-order chi connectivity index (χ0) is 21.1. The molecule has 0 N–H and O–H groups in total. The Balaban J connectivity index is 1.68. The van der Waals surface area contributed by atoms with Crippen molar-refractivity contribution >= 4 is 19.9 Å². The van der Waals surface area contributed by atoms with E-state index >= 15 is 0 Å². The van der Waals surface area contributed by atoms with Gasteiger partial charge < -0.3 is 0 Å². The predicted octanol–water partition coefficient (Wildman–Crippen LogP) is 1.91. The van der Waals surface area contributed by atoms with E-state index in [9.17, 15) is 16.8 Å². The third-order valence-corrected chi connectivity index (χ3v) is 7.69. The van der Waals surface area contributed by atoms with Crippen LogP contribution in [-0.2, 0) is 33.0 Å². The largest absolute Gasteiger partial charge is 0.299 e. The molecule has 7 nitrogen and oxygen atoms in total. The first kappa shape index (κ1) is 21.9. The molecule has 0 radical (unpaired) electrons. The molecule has 0 amide bonds. The minimum absolute atomic E-state index is 0.0772. The summed E-state index contributed by atoms with van der Waals surface area (Å²) in [5.41, 5.74) is 1.64. The van der Waals surface area contributed by atoms with Crippen molar-refractivity contribution in [1.82, 2.24) is 14.2 Å². The number of hydrogen-bond acceptors (Lipinski definition) is 6. The molecule has 0 spiro atoms. The van der Waals surface area contributed by atoms with Crippen LogP contribution >= 0.6 is 0 Å². The molecule has 158 valence electrons. The van der Waals surface area contributed by atoms with E-state index in [0.717, 1.165) is 11.1 Å². The van der Waals surface area contributed by atoms with E-state index in [2.05, 4.69) is 9.88 Å². The Morgan fingerprint density at radius 1 is 1.03 bits per heavy atom. The van der Waals surface area contributed by atoms with Crippen LogP contribution in [0.5, 0.6) is 0 Å². The van der Waals surface area contributed by atoms with Crippen LogP contribution in [0.3, 0.4) is 0 Å². The lowest BCUT2D eigenvalue weighted by molar-refractivity contribution is 0.150. The zero-order valence-corrected chi connectivity index (χ0v) is 18.4. The number of pyridine rings is 1. The summed E-state index contributed by atoms with van der Waals surface area (Å²) in [6.45, 7) is 2.27. The van der Waals surface area contributed by atoms with Gasteiger partial charge in [-0.05, 0) is 36.1 Å². The summed E-state index contributed by atoms with van der Waals surface area (Å²) in [4.78, 5) is 6.62. The number of piperidine rings is 1. The Hall–Kier alpha value is -1.81. The van der Waals surface area contributed by atoms with E-state index in [0.29, 0.717) is 43.9 Å². The molecule has 0 unspecified atom stereocenters. The highest BCUT2D eigenvalue weighted by molar-refractivity contribution is 7.90. The maximum absolute atomic E-state index is 12.4. The third kappa shape index (κ3) is 5.85. The van der Waals surface area contributed by atoms with Gasteiger partial charge in [-0.2, -0.15) is 4.31 Å². The van der Waals surface area contributed by atoms with Crippen LogP contribution in [0.2, 0.25) is 0 Å². The Labute approximate surface area is 173 Å². The maximum Gasteiger partial charge on any atom is 0.211 e. The molecule has 1 aromatic heterocycles. The van der Waals surface area contributed by atoms with Crippen molar-refractivity contribution in [2.45, 2.75) is 36.9 Å². The summed E-state index contributed by atoms with van der Waals surface area (Å²) < 4.78 is 50.4. The first-order chi connectivity index (χ1) is 13.6. The highest BCUT2D eigenvalue weighted by Crippen LogP contribution is 2.24. The second kappa shape index (κ2) is 8.91. The Bertz CT molecular complexity index is 1030. The average Bonchev–Trinajstić information content (AvgIpc) is 2.66. The van der Waals surface area contributed by atoms with Gasteiger partial charge in [0.25, 0.3) is 0 Å². The van der Waals surface area contributed by atoms with E-state index in [4.69, 9.17) is 0 Å². The quantitative estimate of drug-likeness (QED) is 0.658. The Kier molecular flexibility index (Phi) is 6.72. The molecule has 0 atom stereocenters. The topological polar surface area (TPSA) is 87.7 Å². The number of sulfone groups is 1. The van der Waals surface area contributed by atoms with E-state index in [1.165, 1.54) is 12.5 Å². The van der Waals surface area contributed by atoms with Crippen molar-refractivity contribution in [3.05, 3.63) is 59.9 Å².